The van der Waals surface area contributed by atoms with Gasteiger partial charge in [-0.15, -0.1) is 11.3 Å². The summed E-state index contributed by atoms with van der Waals surface area (Å²) in [4.78, 5) is 31.8. The van der Waals surface area contributed by atoms with Crippen LogP contribution in [-0.4, -0.2) is 41.0 Å². The number of nitrogens with zero attached hydrogens (tertiary/aromatic N) is 2. The van der Waals surface area contributed by atoms with Gasteiger partial charge >= 0.3 is 0 Å². The Morgan fingerprint density at radius 1 is 1.03 bits per heavy atom. The van der Waals surface area contributed by atoms with E-state index in [9.17, 15) is 9.59 Å². The van der Waals surface area contributed by atoms with Crippen LogP contribution in [-0.2, 0) is 17.9 Å². The predicted molar refractivity (Wildman–Crippen MR) is 133 cm³/mol. The van der Waals surface area contributed by atoms with Crippen LogP contribution < -0.4 is 9.47 Å². The van der Waals surface area contributed by atoms with E-state index in [0.29, 0.717) is 30.2 Å². The van der Waals surface area contributed by atoms with Gasteiger partial charge in [0, 0.05) is 23.0 Å². The first-order chi connectivity index (χ1) is 16.5. The quantitative estimate of drug-likeness (QED) is 0.421. The van der Waals surface area contributed by atoms with E-state index in [2.05, 4.69) is 13.0 Å². The molecule has 6 nitrogen and oxygen atoms in total. The highest BCUT2D eigenvalue weighted by Gasteiger charge is 2.27. The second kappa shape index (κ2) is 10.7. The minimum atomic E-state index is -0.187. The fourth-order valence-corrected chi connectivity index (χ4v) is 4.79. The van der Waals surface area contributed by atoms with Crippen LogP contribution in [0.25, 0.3) is 0 Å². The monoisotopic (exact) mass is 478 g/mol. The minimum Gasteiger partial charge on any atom is -0.454 e. The standard InChI is InChI=1S/C27H30N2O4S/c1-4-20(3)29(27(31)22-10-11-23-24(14-22)33-18-32-23)17-26(30)28(15-21-8-6-5-7-9-21)16-25-19(2)12-13-34-25/h5-14,20H,4,15-18H2,1-3H3/t20-/m1/s1. The Kier molecular flexibility index (Phi) is 7.53. The van der Waals surface area contributed by atoms with Crippen LogP contribution in [0.4, 0.5) is 0 Å². The Morgan fingerprint density at radius 3 is 2.50 bits per heavy atom. The first-order valence-corrected chi connectivity index (χ1v) is 12.4. The van der Waals surface area contributed by atoms with Crippen LogP contribution in [0.2, 0.25) is 0 Å². The van der Waals surface area contributed by atoms with Crippen molar-refractivity contribution in [3.8, 4) is 11.5 Å². The summed E-state index contributed by atoms with van der Waals surface area (Å²) in [5.41, 5.74) is 2.72. The molecular weight excluding hydrogens is 448 g/mol. The molecule has 0 saturated carbocycles. The van der Waals surface area contributed by atoms with E-state index >= 15 is 0 Å². The Morgan fingerprint density at radius 2 is 1.79 bits per heavy atom. The third kappa shape index (κ3) is 5.42. The lowest BCUT2D eigenvalue weighted by Crippen LogP contribution is -2.46. The largest absolute Gasteiger partial charge is 0.454 e. The van der Waals surface area contributed by atoms with Gasteiger partial charge in [0.2, 0.25) is 12.7 Å². The molecule has 0 radical (unpaired) electrons. The number of thiophene rings is 1. The average molecular weight is 479 g/mol. The summed E-state index contributed by atoms with van der Waals surface area (Å²) in [6, 6.07) is 17.1. The van der Waals surface area contributed by atoms with Crippen molar-refractivity contribution in [2.75, 3.05) is 13.3 Å². The number of benzene rings is 2. The minimum absolute atomic E-state index is 0.0134. The molecule has 0 spiro atoms. The smallest absolute Gasteiger partial charge is 0.254 e. The number of hydrogen-bond donors (Lipinski definition) is 0. The molecule has 2 heterocycles. The van der Waals surface area contributed by atoms with Crippen molar-refractivity contribution in [2.24, 2.45) is 0 Å². The highest BCUT2D eigenvalue weighted by atomic mass is 32.1. The molecule has 2 amide bonds. The molecule has 178 valence electrons. The molecular formula is C27H30N2O4S. The Balaban J connectivity index is 1.56. The molecule has 0 N–H and O–H groups in total. The Hall–Kier alpha value is -3.32. The number of carbonyl (C=O) groups is 2. The predicted octanol–water partition coefficient (Wildman–Crippen LogP) is 5.25. The molecule has 0 saturated heterocycles. The summed E-state index contributed by atoms with van der Waals surface area (Å²) < 4.78 is 10.8. The molecule has 0 bridgehead atoms. The van der Waals surface area contributed by atoms with E-state index in [1.54, 1.807) is 34.4 Å². The zero-order chi connectivity index (χ0) is 24.1. The van der Waals surface area contributed by atoms with Gasteiger partial charge in [0.25, 0.3) is 5.91 Å². The van der Waals surface area contributed by atoms with Crippen molar-refractivity contribution in [3.05, 3.63) is 81.5 Å². The van der Waals surface area contributed by atoms with E-state index in [1.165, 1.54) is 5.56 Å². The van der Waals surface area contributed by atoms with Crippen LogP contribution in [0.5, 0.6) is 11.5 Å². The van der Waals surface area contributed by atoms with Crippen molar-refractivity contribution >= 4 is 23.2 Å². The van der Waals surface area contributed by atoms with Crippen LogP contribution in [0.15, 0.2) is 60.0 Å². The third-order valence-corrected chi connectivity index (χ3v) is 7.19. The summed E-state index contributed by atoms with van der Waals surface area (Å²) >= 11 is 1.65. The number of amides is 2. The molecule has 1 aromatic heterocycles. The van der Waals surface area contributed by atoms with Gasteiger partial charge in [0.1, 0.15) is 6.54 Å². The molecule has 0 aliphatic carbocycles. The van der Waals surface area contributed by atoms with Gasteiger partial charge in [-0.3, -0.25) is 9.59 Å². The molecule has 1 atom stereocenters. The van der Waals surface area contributed by atoms with E-state index in [4.69, 9.17) is 9.47 Å². The van der Waals surface area contributed by atoms with Gasteiger partial charge in [-0.1, -0.05) is 37.3 Å². The third-order valence-electron chi connectivity index (χ3n) is 6.18. The van der Waals surface area contributed by atoms with Crippen LogP contribution in [0.3, 0.4) is 0 Å². The number of ether oxygens (including phenoxy) is 2. The van der Waals surface area contributed by atoms with Crippen molar-refractivity contribution < 1.29 is 19.1 Å². The van der Waals surface area contributed by atoms with Crippen LogP contribution in [0.1, 0.15) is 46.6 Å². The van der Waals surface area contributed by atoms with Gasteiger partial charge in [0.15, 0.2) is 11.5 Å². The fourth-order valence-electron chi connectivity index (χ4n) is 3.86. The maximum Gasteiger partial charge on any atom is 0.254 e. The number of carbonyl (C=O) groups excluding carboxylic acids is 2. The summed E-state index contributed by atoms with van der Waals surface area (Å²) in [5, 5.41) is 2.05. The SMILES string of the molecule is CC[C@@H](C)N(CC(=O)N(Cc1ccccc1)Cc1sccc1C)C(=O)c1ccc2c(c1)OCO2. The molecule has 0 unspecified atom stereocenters. The zero-order valence-corrected chi connectivity index (χ0v) is 20.6. The van der Waals surface area contributed by atoms with Gasteiger partial charge in [-0.2, -0.15) is 0 Å². The lowest BCUT2D eigenvalue weighted by molar-refractivity contribution is -0.133. The van der Waals surface area contributed by atoms with Crippen molar-refractivity contribution in [3.63, 3.8) is 0 Å². The second-order valence-electron chi connectivity index (χ2n) is 8.52. The summed E-state index contributed by atoms with van der Waals surface area (Å²) in [7, 11) is 0. The Bertz CT molecular complexity index is 1140. The van der Waals surface area contributed by atoms with Crippen molar-refractivity contribution in [1.82, 2.24) is 9.80 Å². The maximum atomic E-state index is 13.6. The summed E-state index contributed by atoms with van der Waals surface area (Å²) in [6.07, 6.45) is 0.742. The average Bonchev–Trinajstić information content (AvgIpc) is 3.49. The van der Waals surface area contributed by atoms with E-state index < -0.39 is 0 Å². The van der Waals surface area contributed by atoms with Gasteiger partial charge in [-0.25, -0.2) is 0 Å². The van der Waals surface area contributed by atoms with E-state index in [-0.39, 0.29) is 31.2 Å². The first kappa shape index (κ1) is 23.8. The second-order valence-corrected chi connectivity index (χ2v) is 9.52. The number of aryl methyl sites for hydroxylation is 1. The lowest BCUT2D eigenvalue weighted by Gasteiger charge is -2.31. The van der Waals surface area contributed by atoms with E-state index in [0.717, 1.165) is 16.9 Å². The zero-order valence-electron chi connectivity index (χ0n) is 19.8. The molecule has 3 aromatic rings. The Labute approximate surface area is 204 Å². The number of hydrogen-bond acceptors (Lipinski definition) is 5. The number of rotatable bonds is 9. The highest BCUT2D eigenvalue weighted by molar-refractivity contribution is 7.10. The molecule has 4 rings (SSSR count). The summed E-state index contributed by atoms with van der Waals surface area (Å²) in [6.45, 7) is 7.23. The normalized spacial score (nSPS) is 12.9. The topological polar surface area (TPSA) is 59.1 Å². The maximum absolute atomic E-state index is 13.6. The molecule has 2 aromatic carbocycles. The first-order valence-electron chi connectivity index (χ1n) is 11.5. The van der Waals surface area contributed by atoms with Crippen molar-refractivity contribution in [1.29, 1.82) is 0 Å². The van der Waals surface area contributed by atoms with E-state index in [1.807, 2.05) is 54.5 Å². The highest BCUT2D eigenvalue weighted by Crippen LogP contribution is 2.33. The van der Waals surface area contributed by atoms with Gasteiger partial charge in [-0.05, 0) is 61.0 Å². The molecule has 0 fully saturated rings. The number of fused-ring (bicyclic) bond motifs is 1. The summed E-state index contributed by atoms with van der Waals surface area (Å²) in [5.74, 6) is 0.919. The molecule has 1 aliphatic heterocycles. The van der Waals surface area contributed by atoms with Gasteiger partial charge in [0.05, 0.1) is 6.54 Å². The van der Waals surface area contributed by atoms with Crippen LogP contribution in [0, 0.1) is 6.92 Å². The fraction of sp³-hybridized carbons (Fsp3) is 0.333. The van der Waals surface area contributed by atoms with Crippen molar-refractivity contribution in [2.45, 2.75) is 46.3 Å². The molecule has 7 heteroatoms. The molecule has 34 heavy (non-hydrogen) atoms. The lowest BCUT2D eigenvalue weighted by atomic mass is 10.1. The van der Waals surface area contributed by atoms with Gasteiger partial charge < -0.3 is 19.3 Å². The molecule has 1 aliphatic rings. The van der Waals surface area contributed by atoms with Crippen LogP contribution >= 0.6 is 11.3 Å².